The number of carbonyl (C=O) groups excluding carboxylic acids is 1. The van der Waals surface area contributed by atoms with E-state index in [0.29, 0.717) is 22.9 Å². The molecule has 1 amide bonds. The molecule has 2 rings (SSSR count). The molecule has 0 aliphatic carbocycles. The van der Waals surface area contributed by atoms with Crippen molar-refractivity contribution in [2.45, 2.75) is 32.6 Å². The molecule has 0 fully saturated rings. The summed E-state index contributed by atoms with van der Waals surface area (Å²) in [5.74, 6) is 0.216. The van der Waals surface area contributed by atoms with Crippen LogP contribution in [0.25, 0.3) is 0 Å². The van der Waals surface area contributed by atoms with Gasteiger partial charge in [-0.1, -0.05) is 53.7 Å². The van der Waals surface area contributed by atoms with Crippen LogP contribution in [0.15, 0.2) is 46.9 Å². The van der Waals surface area contributed by atoms with Gasteiger partial charge in [-0.3, -0.25) is 10.1 Å². The molecule has 0 atom stereocenters. The molecular formula is C20H22BrClN2O2S. The highest BCUT2D eigenvalue weighted by atomic mass is 79.9. The second-order valence-electron chi connectivity index (χ2n) is 5.96. The molecule has 2 N–H and O–H groups in total. The molecule has 4 nitrogen and oxygen atoms in total. The molecule has 144 valence electrons. The summed E-state index contributed by atoms with van der Waals surface area (Å²) in [5, 5.41) is 6.48. The van der Waals surface area contributed by atoms with E-state index < -0.39 is 0 Å². The first-order valence-corrected chi connectivity index (χ1v) is 10.4. The number of benzene rings is 2. The fourth-order valence-electron chi connectivity index (χ4n) is 2.38. The first-order valence-electron chi connectivity index (χ1n) is 8.80. The molecule has 0 bridgehead atoms. The first-order chi connectivity index (χ1) is 13.0. The summed E-state index contributed by atoms with van der Waals surface area (Å²) < 4.78 is 6.61. The van der Waals surface area contributed by atoms with Crippen LogP contribution < -0.4 is 15.4 Å². The minimum absolute atomic E-state index is 0.205. The number of rotatable bonds is 8. The van der Waals surface area contributed by atoms with Crippen LogP contribution in [0.3, 0.4) is 0 Å². The lowest BCUT2D eigenvalue weighted by molar-refractivity contribution is 0.0973. The summed E-state index contributed by atoms with van der Waals surface area (Å²) >= 11 is 14.5. The van der Waals surface area contributed by atoms with Gasteiger partial charge in [-0.05, 0) is 61.1 Å². The van der Waals surface area contributed by atoms with Crippen molar-refractivity contribution < 1.29 is 9.53 Å². The number of anilines is 1. The Morgan fingerprint density at radius 3 is 2.59 bits per heavy atom. The fraction of sp³-hybridized carbons (Fsp3) is 0.300. The van der Waals surface area contributed by atoms with Crippen LogP contribution in [0.4, 0.5) is 5.69 Å². The van der Waals surface area contributed by atoms with Gasteiger partial charge in [0.1, 0.15) is 5.75 Å². The molecule has 2 aromatic rings. The smallest absolute Gasteiger partial charge is 0.261 e. The highest BCUT2D eigenvalue weighted by molar-refractivity contribution is 9.10. The average Bonchev–Trinajstić information content (AvgIpc) is 2.64. The van der Waals surface area contributed by atoms with Crippen LogP contribution in [0.5, 0.6) is 5.75 Å². The monoisotopic (exact) mass is 468 g/mol. The third-order valence-electron chi connectivity index (χ3n) is 3.77. The normalized spacial score (nSPS) is 10.3. The number of hydrogen-bond acceptors (Lipinski definition) is 3. The molecule has 2 aromatic carbocycles. The van der Waals surface area contributed by atoms with Crippen molar-refractivity contribution in [3.05, 3.63) is 57.5 Å². The molecule has 0 saturated heterocycles. The van der Waals surface area contributed by atoms with E-state index in [-0.39, 0.29) is 11.0 Å². The van der Waals surface area contributed by atoms with Gasteiger partial charge in [-0.15, -0.1) is 0 Å². The number of amides is 1. The minimum Gasteiger partial charge on any atom is -0.493 e. The van der Waals surface area contributed by atoms with E-state index in [2.05, 4.69) is 33.5 Å². The van der Waals surface area contributed by atoms with Gasteiger partial charge in [0.05, 0.1) is 12.2 Å². The third kappa shape index (κ3) is 7.48. The Bertz CT molecular complexity index is 784. The van der Waals surface area contributed by atoms with Crippen molar-refractivity contribution in [1.82, 2.24) is 5.32 Å². The first kappa shape index (κ1) is 21.7. The Hall–Kier alpha value is -1.63. The van der Waals surface area contributed by atoms with Crippen LogP contribution in [0.2, 0.25) is 5.02 Å². The Morgan fingerprint density at radius 2 is 1.89 bits per heavy atom. The van der Waals surface area contributed by atoms with Crippen LogP contribution in [0.1, 0.15) is 43.0 Å². The van der Waals surface area contributed by atoms with Crippen LogP contribution in [-0.2, 0) is 0 Å². The quantitative estimate of drug-likeness (QED) is 0.357. The predicted molar refractivity (Wildman–Crippen MR) is 119 cm³/mol. The van der Waals surface area contributed by atoms with Crippen molar-refractivity contribution in [2.75, 3.05) is 11.9 Å². The van der Waals surface area contributed by atoms with E-state index in [4.69, 9.17) is 28.6 Å². The number of nitrogens with one attached hydrogen (secondary N) is 2. The van der Waals surface area contributed by atoms with Crippen molar-refractivity contribution in [3.8, 4) is 5.75 Å². The predicted octanol–water partition coefficient (Wildman–Crippen LogP) is 6.19. The number of hydrogen-bond donors (Lipinski definition) is 2. The zero-order valence-electron chi connectivity index (χ0n) is 15.1. The average molecular weight is 470 g/mol. The van der Waals surface area contributed by atoms with Gasteiger partial charge in [0.15, 0.2) is 5.11 Å². The Labute approximate surface area is 178 Å². The van der Waals surface area contributed by atoms with E-state index in [0.717, 1.165) is 23.0 Å². The van der Waals surface area contributed by atoms with Gasteiger partial charge in [0.25, 0.3) is 5.91 Å². The minimum atomic E-state index is -0.327. The number of unbranched alkanes of at least 4 members (excludes halogenated alkanes) is 3. The van der Waals surface area contributed by atoms with Crippen LogP contribution in [0, 0.1) is 0 Å². The fourth-order valence-corrected chi connectivity index (χ4v) is 3.08. The molecule has 0 unspecified atom stereocenters. The van der Waals surface area contributed by atoms with Gasteiger partial charge in [0, 0.05) is 15.2 Å². The summed E-state index contributed by atoms with van der Waals surface area (Å²) in [7, 11) is 0. The van der Waals surface area contributed by atoms with E-state index in [1.807, 2.05) is 6.07 Å². The molecule has 0 radical (unpaired) electrons. The number of halogens is 2. The van der Waals surface area contributed by atoms with Gasteiger partial charge in [-0.25, -0.2) is 0 Å². The molecule has 0 aromatic heterocycles. The number of ether oxygens (including phenoxy) is 1. The van der Waals surface area contributed by atoms with E-state index >= 15 is 0 Å². The maximum atomic E-state index is 12.6. The van der Waals surface area contributed by atoms with Crippen molar-refractivity contribution >= 4 is 56.5 Å². The molecule has 0 aliphatic rings. The van der Waals surface area contributed by atoms with Crippen molar-refractivity contribution in [1.29, 1.82) is 0 Å². The van der Waals surface area contributed by atoms with Crippen molar-refractivity contribution in [3.63, 3.8) is 0 Å². The molecule has 0 heterocycles. The van der Waals surface area contributed by atoms with Gasteiger partial charge >= 0.3 is 0 Å². The Kier molecular flexibility index (Phi) is 9.04. The summed E-state index contributed by atoms with van der Waals surface area (Å²) in [6.07, 6.45) is 4.43. The number of thiocarbonyl (C=S) groups is 1. The zero-order chi connectivity index (χ0) is 19.6. The lowest BCUT2D eigenvalue weighted by atomic mass is 10.2. The highest BCUT2D eigenvalue weighted by Crippen LogP contribution is 2.24. The third-order valence-corrected chi connectivity index (χ3v) is 4.72. The van der Waals surface area contributed by atoms with E-state index in [1.165, 1.54) is 12.8 Å². The van der Waals surface area contributed by atoms with E-state index in [1.54, 1.807) is 36.4 Å². The standard InChI is InChI=1S/C20H22BrClN2O2S/c1-2-3-4-5-12-26-18-11-6-14(21)13-17(18)19(25)24-20(27)23-16-9-7-15(22)8-10-16/h6-11,13H,2-5,12H2,1H3,(H2,23,24,25,27). The lowest BCUT2D eigenvalue weighted by Crippen LogP contribution is -2.34. The summed E-state index contributed by atoms with van der Waals surface area (Å²) in [4.78, 5) is 12.6. The van der Waals surface area contributed by atoms with E-state index in [9.17, 15) is 4.79 Å². The largest absolute Gasteiger partial charge is 0.493 e. The second-order valence-corrected chi connectivity index (χ2v) is 7.73. The molecular weight excluding hydrogens is 448 g/mol. The lowest BCUT2D eigenvalue weighted by Gasteiger charge is -2.13. The van der Waals surface area contributed by atoms with Gasteiger partial charge in [-0.2, -0.15) is 0 Å². The summed E-state index contributed by atoms with van der Waals surface area (Å²) in [6, 6.07) is 12.4. The van der Waals surface area contributed by atoms with Gasteiger partial charge in [0.2, 0.25) is 0 Å². The maximum Gasteiger partial charge on any atom is 0.261 e. The Balaban J connectivity index is 1.98. The topological polar surface area (TPSA) is 50.4 Å². The van der Waals surface area contributed by atoms with Crippen LogP contribution in [-0.4, -0.2) is 17.6 Å². The van der Waals surface area contributed by atoms with Crippen LogP contribution >= 0.6 is 39.7 Å². The molecule has 0 saturated carbocycles. The maximum absolute atomic E-state index is 12.6. The summed E-state index contributed by atoms with van der Waals surface area (Å²) in [5.41, 5.74) is 1.17. The molecule has 27 heavy (non-hydrogen) atoms. The number of carbonyl (C=O) groups is 1. The molecule has 7 heteroatoms. The Morgan fingerprint density at radius 1 is 1.15 bits per heavy atom. The SMILES string of the molecule is CCCCCCOc1ccc(Br)cc1C(=O)NC(=S)Nc1ccc(Cl)cc1. The highest BCUT2D eigenvalue weighted by Gasteiger charge is 2.15. The summed E-state index contributed by atoms with van der Waals surface area (Å²) in [6.45, 7) is 2.74. The van der Waals surface area contributed by atoms with Gasteiger partial charge < -0.3 is 10.1 Å². The molecule has 0 spiro atoms. The zero-order valence-corrected chi connectivity index (χ0v) is 18.2. The molecule has 0 aliphatic heterocycles. The van der Waals surface area contributed by atoms with Crippen molar-refractivity contribution in [2.24, 2.45) is 0 Å². The second kappa shape index (κ2) is 11.3.